The van der Waals surface area contributed by atoms with Crippen molar-refractivity contribution in [2.45, 2.75) is 34.1 Å². The number of carbonyl (C=O) groups is 1. The smallest absolute Gasteiger partial charge is 0.308 e. The third-order valence-electron chi connectivity index (χ3n) is 3.71. The number of amides is 2. The van der Waals surface area contributed by atoms with Crippen molar-refractivity contribution in [3.63, 3.8) is 0 Å². The fourth-order valence-electron chi connectivity index (χ4n) is 2.19. The molecule has 110 valence electrons. The summed E-state index contributed by atoms with van der Waals surface area (Å²) in [6, 6.07) is 11.8. The van der Waals surface area contributed by atoms with Crippen LogP contribution >= 0.6 is 0 Å². The lowest BCUT2D eigenvalue weighted by molar-refractivity contribution is 0.262. The summed E-state index contributed by atoms with van der Waals surface area (Å²) in [7, 11) is 0. The number of hydrogen-bond acceptors (Lipinski definition) is 1. The van der Waals surface area contributed by atoms with Crippen LogP contribution < -0.4 is 10.6 Å². The van der Waals surface area contributed by atoms with E-state index < -0.39 is 0 Å². The van der Waals surface area contributed by atoms with Crippen molar-refractivity contribution in [1.29, 1.82) is 0 Å². The zero-order valence-electron chi connectivity index (χ0n) is 13.1. The summed E-state index contributed by atoms with van der Waals surface area (Å²) in [6.07, 6.45) is 0.996. The number of nitrogens with one attached hydrogen (secondary N) is 2. The van der Waals surface area contributed by atoms with Crippen molar-refractivity contribution in [2.24, 2.45) is 0 Å². The molecule has 21 heavy (non-hydrogen) atoms. The molecule has 0 saturated heterocycles. The van der Waals surface area contributed by atoms with Crippen molar-refractivity contribution >= 4 is 17.4 Å². The van der Waals surface area contributed by atoms with E-state index in [1.54, 1.807) is 0 Å². The molecule has 0 unspecified atom stereocenters. The third-order valence-corrected chi connectivity index (χ3v) is 3.71. The summed E-state index contributed by atoms with van der Waals surface area (Å²) >= 11 is 0. The Balaban J connectivity index is 2.06. The standard InChI is InChI=1S/C18H22N2O/c1-5-15-7-9-17(14(4)10-15)20-18(21)19-16-8-6-12(2)13(3)11-16/h6-11H,5H2,1-4H3,(H2,19,20,21). The number of carbonyl (C=O) groups excluding carboxylic acids is 1. The van der Waals surface area contributed by atoms with E-state index in [-0.39, 0.29) is 6.03 Å². The first-order valence-electron chi connectivity index (χ1n) is 7.24. The normalized spacial score (nSPS) is 10.3. The quantitative estimate of drug-likeness (QED) is 0.832. The van der Waals surface area contributed by atoms with Gasteiger partial charge in [-0.1, -0.05) is 25.1 Å². The van der Waals surface area contributed by atoms with Crippen LogP contribution in [-0.2, 0) is 6.42 Å². The number of urea groups is 1. The van der Waals surface area contributed by atoms with Gasteiger partial charge in [0.2, 0.25) is 0 Å². The molecule has 0 aliphatic heterocycles. The molecule has 2 N–H and O–H groups in total. The molecule has 0 radical (unpaired) electrons. The Hall–Kier alpha value is -2.29. The molecule has 0 saturated carbocycles. The lowest BCUT2D eigenvalue weighted by atomic mass is 10.1. The molecule has 2 aromatic rings. The molecular formula is C18H22N2O. The molecule has 2 rings (SSSR count). The summed E-state index contributed by atoms with van der Waals surface area (Å²) in [4.78, 5) is 12.1. The predicted octanol–water partition coefficient (Wildman–Crippen LogP) is 4.82. The number of rotatable bonds is 3. The van der Waals surface area contributed by atoms with Crippen molar-refractivity contribution in [3.05, 3.63) is 58.7 Å². The molecular weight excluding hydrogens is 260 g/mol. The van der Waals surface area contributed by atoms with Gasteiger partial charge in [-0.3, -0.25) is 0 Å². The molecule has 0 aliphatic rings. The Kier molecular flexibility index (Phi) is 4.63. The summed E-state index contributed by atoms with van der Waals surface area (Å²) in [6.45, 7) is 8.21. The number of benzene rings is 2. The van der Waals surface area contributed by atoms with E-state index in [4.69, 9.17) is 0 Å². The van der Waals surface area contributed by atoms with Crippen molar-refractivity contribution in [1.82, 2.24) is 0 Å². The van der Waals surface area contributed by atoms with Crippen LogP contribution in [0.25, 0.3) is 0 Å². The first kappa shape index (κ1) is 15.1. The first-order valence-corrected chi connectivity index (χ1v) is 7.24. The Bertz CT molecular complexity index is 662. The van der Waals surface area contributed by atoms with Crippen LogP contribution in [0.4, 0.5) is 16.2 Å². The Morgan fingerprint density at radius 1 is 0.905 bits per heavy atom. The lowest BCUT2D eigenvalue weighted by Gasteiger charge is -2.12. The van der Waals surface area contributed by atoms with Gasteiger partial charge in [0.25, 0.3) is 0 Å². The Labute approximate surface area is 126 Å². The summed E-state index contributed by atoms with van der Waals surface area (Å²) in [5.74, 6) is 0. The maximum atomic E-state index is 12.1. The molecule has 0 atom stereocenters. The largest absolute Gasteiger partial charge is 0.323 e. The fourth-order valence-corrected chi connectivity index (χ4v) is 2.19. The van der Waals surface area contributed by atoms with E-state index in [0.29, 0.717) is 0 Å². The molecule has 3 heteroatoms. The molecule has 2 aromatic carbocycles. The molecule has 3 nitrogen and oxygen atoms in total. The lowest BCUT2D eigenvalue weighted by Crippen LogP contribution is -2.20. The fraction of sp³-hybridized carbons (Fsp3) is 0.278. The minimum absolute atomic E-state index is 0.217. The molecule has 0 aromatic heterocycles. The molecule has 0 aliphatic carbocycles. The maximum Gasteiger partial charge on any atom is 0.323 e. The van der Waals surface area contributed by atoms with Crippen molar-refractivity contribution < 1.29 is 4.79 Å². The zero-order chi connectivity index (χ0) is 15.4. The van der Waals surface area contributed by atoms with E-state index in [0.717, 1.165) is 28.9 Å². The van der Waals surface area contributed by atoms with Gasteiger partial charge in [0.05, 0.1) is 0 Å². The monoisotopic (exact) mass is 282 g/mol. The molecule has 0 spiro atoms. The third kappa shape index (κ3) is 3.85. The van der Waals surface area contributed by atoms with Gasteiger partial charge in [-0.05, 0) is 67.6 Å². The zero-order valence-corrected chi connectivity index (χ0v) is 13.1. The molecule has 2 amide bonds. The summed E-state index contributed by atoms with van der Waals surface area (Å²) in [5, 5.41) is 5.76. The van der Waals surface area contributed by atoms with Gasteiger partial charge in [0.15, 0.2) is 0 Å². The molecule has 0 heterocycles. The maximum absolute atomic E-state index is 12.1. The van der Waals surface area contributed by atoms with E-state index in [1.165, 1.54) is 11.1 Å². The van der Waals surface area contributed by atoms with Gasteiger partial charge in [0.1, 0.15) is 0 Å². The van der Waals surface area contributed by atoms with Crippen LogP contribution in [0.1, 0.15) is 29.2 Å². The summed E-state index contributed by atoms with van der Waals surface area (Å²) in [5.41, 5.74) is 6.37. The summed E-state index contributed by atoms with van der Waals surface area (Å²) < 4.78 is 0. The van der Waals surface area contributed by atoms with E-state index in [2.05, 4.69) is 30.5 Å². The average molecular weight is 282 g/mol. The highest BCUT2D eigenvalue weighted by Crippen LogP contribution is 2.18. The van der Waals surface area contributed by atoms with Gasteiger partial charge in [0, 0.05) is 11.4 Å². The predicted molar refractivity (Wildman–Crippen MR) is 89.1 cm³/mol. The second-order valence-corrected chi connectivity index (χ2v) is 5.38. The first-order chi connectivity index (χ1) is 9.99. The van der Waals surface area contributed by atoms with E-state index >= 15 is 0 Å². The van der Waals surface area contributed by atoms with E-state index in [9.17, 15) is 4.79 Å². The van der Waals surface area contributed by atoms with Gasteiger partial charge in [-0.2, -0.15) is 0 Å². The van der Waals surface area contributed by atoms with Crippen LogP contribution in [0.2, 0.25) is 0 Å². The van der Waals surface area contributed by atoms with Gasteiger partial charge < -0.3 is 10.6 Å². The van der Waals surface area contributed by atoms with Crippen LogP contribution in [0.5, 0.6) is 0 Å². The second kappa shape index (κ2) is 6.44. The van der Waals surface area contributed by atoms with Crippen molar-refractivity contribution in [3.8, 4) is 0 Å². The van der Waals surface area contributed by atoms with Gasteiger partial charge in [-0.25, -0.2) is 4.79 Å². The van der Waals surface area contributed by atoms with Gasteiger partial charge in [-0.15, -0.1) is 0 Å². The molecule has 0 bridgehead atoms. The Morgan fingerprint density at radius 3 is 2.29 bits per heavy atom. The van der Waals surface area contributed by atoms with Crippen molar-refractivity contribution in [2.75, 3.05) is 10.6 Å². The molecule has 0 fully saturated rings. The number of aryl methyl sites for hydroxylation is 4. The van der Waals surface area contributed by atoms with Gasteiger partial charge >= 0.3 is 6.03 Å². The number of hydrogen-bond donors (Lipinski definition) is 2. The SMILES string of the molecule is CCc1ccc(NC(=O)Nc2ccc(C)c(C)c2)c(C)c1. The van der Waals surface area contributed by atoms with Crippen LogP contribution in [0.15, 0.2) is 36.4 Å². The van der Waals surface area contributed by atoms with E-state index in [1.807, 2.05) is 44.2 Å². The minimum atomic E-state index is -0.217. The second-order valence-electron chi connectivity index (χ2n) is 5.38. The Morgan fingerprint density at radius 2 is 1.67 bits per heavy atom. The topological polar surface area (TPSA) is 41.1 Å². The van der Waals surface area contributed by atoms with Crippen LogP contribution in [0.3, 0.4) is 0 Å². The highest BCUT2D eigenvalue weighted by atomic mass is 16.2. The highest BCUT2D eigenvalue weighted by molar-refractivity contribution is 6.00. The minimum Gasteiger partial charge on any atom is -0.308 e. The van der Waals surface area contributed by atoms with Crippen LogP contribution in [0, 0.1) is 20.8 Å². The average Bonchev–Trinajstić information content (AvgIpc) is 2.45. The highest BCUT2D eigenvalue weighted by Gasteiger charge is 2.06. The number of anilines is 2. The van der Waals surface area contributed by atoms with Crippen LogP contribution in [-0.4, -0.2) is 6.03 Å².